The van der Waals surface area contributed by atoms with Crippen molar-refractivity contribution in [2.75, 3.05) is 6.54 Å². The number of hydrogen-bond donors (Lipinski definition) is 2. The number of aromatic nitrogens is 2. The maximum atomic E-state index is 11.8. The van der Waals surface area contributed by atoms with E-state index in [-0.39, 0.29) is 11.9 Å². The summed E-state index contributed by atoms with van der Waals surface area (Å²) in [7, 11) is 0. The SMILES string of the molecule is C[C@@H](Cn1cccn1)NCCC(=O)NCc1ccccc1Cl. The summed E-state index contributed by atoms with van der Waals surface area (Å²) in [6, 6.07) is 9.67. The average molecular weight is 321 g/mol. The van der Waals surface area contributed by atoms with Crippen LogP contribution in [0.2, 0.25) is 5.02 Å². The first-order valence-electron chi connectivity index (χ1n) is 7.36. The number of nitrogens with zero attached hydrogens (tertiary/aromatic N) is 2. The minimum Gasteiger partial charge on any atom is -0.352 e. The van der Waals surface area contributed by atoms with Crippen LogP contribution in [0.5, 0.6) is 0 Å². The number of rotatable bonds is 8. The largest absolute Gasteiger partial charge is 0.352 e. The van der Waals surface area contributed by atoms with Crippen LogP contribution in [-0.2, 0) is 17.9 Å². The Bertz CT molecular complexity index is 586. The predicted molar refractivity (Wildman–Crippen MR) is 87.6 cm³/mol. The summed E-state index contributed by atoms with van der Waals surface area (Å²) in [6.07, 6.45) is 4.12. The van der Waals surface area contributed by atoms with E-state index in [0.29, 0.717) is 24.5 Å². The third-order valence-electron chi connectivity index (χ3n) is 3.30. The molecule has 22 heavy (non-hydrogen) atoms. The molecule has 1 aromatic carbocycles. The molecule has 2 aromatic rings. The number of carbonyl (C=O) groups excluding carboxylic acids is 1. The Morgan fingerprint density at radius 1 is 1.36 bits per heavy atom. The maximum Gasteiger partial charge on any atom is 0.221 e. The first-order chi connectivity index (χ1) is 10.6. The molecule has 5 nitrogen and oxygen atoms in total. The number of carbonyl (C=O) groups is 1. The molecule has 1 aromatic heterocycles. The third-order valence-corrected chi connectivity index (χ3v) is 3.67. The lowest BCUT2D eigenvalue weighted by Gasteiger charge is -2.13. The molecule has 2 rings (SSSR count). The monoisotopic (exact) mass is 320 g/mol. The topological polar surface area (TPSA) is 59.0 Å². The molecule has 2 N–H and O–H groups in total. The van der Waals surface area contributed by atoms with Crippen molar-refractivity contribution in [3.05, 3.63) is 53.3 Å². The molecular formula is C16H21ClN4O. The molecule has 1 heterocycles. The van der Waals surface area contributed by atoms with Crippen LogP contribution in [0.3, 0.4) is 0 Å². The van der Waals surface area contributed by atoms with Crippen molar-refractivity contribution in [1.82, 2.24) is 20.4 Å². The van der Waals surface area contributed by atoms with Crippen molar-refractivity contribution in [2.45, 2.75) is 32.5 Å². The van der Waals surface area contributed by atoms with Crippen LogP contribution < -0.4 is 10.6 Å². The van der Waals surface area contributed by atoms with E-state index in [1.165, 1.54) is 0 Å². The number of halogens is 1. The summed E-state index contributed by atoms with van der Waals surface area (Å²) in [5.74, 6) is 0.0127. The number of hydrogen-bond acceptors (Lipinski definition) is 3. The zero-order valence-electron chi connectivity index (χ0n) is 12.6. The Hall–Kier alpha value is -1.85. The lowest BCUT2D eigenvalue weighted by Crippen LogP contribution is -2.34. The summed E-state index contributed by atoms with van der Waals surface area (Å²) in [6.45, 7) is 3.95. The normalized spacial score (nSPS) is 12.1. The maximum absolute atomic E-state index is 11.8. The van der Waals surface area contributed by atoms with Crippen molar-refractivity contribution in [2.24, 2.45) is 0 Å². The van der Waals surface area contributed by atoms with Crippen molar-refractivity contribution in [3.8, 4) is 0 Å². The highest BCUT2D eigenvalue weighted by molar-refractivity contribution is 6.31. The highest BCUT2D eigenvalue weighted by Crippen LogP contribution is 2.14. The first kappa shape index (κ1) is 16.5. The first-order valence-corrected chi connectivity index (χ1v) is 7.74. The zero-order chi connectivity index (χ0) is 15.8. The highest BCUT2D eigenvalue weighted by atomic mass is 35.5. The minimum atomic E-state index is 0.0127. The van der Waals surface area contributed by atoms with Crippen molar-refractivity contribution >= 4 is 17.5 Å². The molecule has 0 saturated carbocycles. The van der Waals surface area contributed by atoms with Gasteiger partial charge >= 0.3 is 0 Å². The van der Waals surface area contributed by atoms with Crippen LogP contribution in [0.4, 0.5) is 0 Å². The summed E-state index contributed by atoms with van der Waals surface area (Å²) >= 11 is 6.05. The van der Waals surface area contributed by atoms with Gasteiger partial charge in [0.25, 0.3) is 0 Å². The molecule has 0 unspecified atom stereocenters. The predicted octanol–water partition coefficient (Wildman–Crippen LogP) is 2.22. The zero-order valence-corrected chi connectivity index (χ0v) is 13.4. The van der Waals surface area contributed by atoms with Gasteiger partial charge in [-0.15, -0.1) is 0 Å². The molecule has 118 valence electrons. The lowest BCUT2D eigenvalue weighted by atomic mass is 10.2. The second kappa shape index (κ2) is 8.56. The van der Waals surface area contributed by atoms with E-state index in [9.17, 15) is 4.79 Å². The molecule has 0 aliphatic rings. The molecule has 1 atom stereocenters. The Labute approximate surface area is 135 Å². The second-order valence-electron chi connectivity index (χ2n) is 5.20. The molecule has 0 spiro atoms. The number of benzene rings is 1. The van der Waals surface area contributed by atoms with Crippen LogP contribution in [-0.4, -0.2) is 28.3 Å². The van der Waals surface area contributed by atoms with Crippen LogP contribution in [0.25, 0.3) is 0 Å². The van der Waals surface area contributed by atoms with E-state index in [2.05, 4.69) is 22.7 Å². The van der Waals surface area contributed by atoms with E-state index in [4.69, 9.17) is 11.6 Å². The van der Waals surface area contributed by atoms with Gasteiger partial charge in [-0.25, -0.2) is 0 Å². The average Bonchev–Trinajstić information content (AvgIpc) is 2.99. The van der Waals surface area contributed by atoms with Crippen molar-refractivity contribution in [1.29, 1.82) is 0 Å². The van der Waals surface area contributed by atoms with Crippen molar-refractivity contribution in [3.63, 3.8) is 0 Å². The summed E-state index contributed by atoms with van der Waals surface area (Å²) < 4.78 is 1.87. The Morgan fingerprint density at radius 3 is 2.91 bits per heavy atom. The van der Waals surface area contributed by atoms with Gasteiger partial charge in [-0.3, -0.25) is 9.48 Å². The standard InChI is InChI=1S/C16H21ClN4O/c1-13(12-21-10-4-8-20-21)18-9-7-16(22)19-11-14-5-2-3-6-15(14)17/h2-6,8,10,13,18H,7,9,11-12H2,1H3,(H,19,22)/t13-/m0/s1. The van der Waals surface area contributed by atoms with Gasteiger partial charge in [-0.2, -0.15) is 5.10 Å². The molecule has 1 amide bonds. The van der Waals surface area contributed by atoms with Gasteiger partial charge in [0.15, 0.2) is 0 Å². The lowest BCUT2D eigenvalue weighted by molar-refractivity contribution is -0.121. The smallest absolute Gasteiger partial charge is 0.221 e. The van der Waals surface area contributed by atoms with Gasteiger partial charge in [-0.1, -0.05) is 29.8 Å². The molecule has 0 saturated heterocycles. The van der Waals surface area contributed by atoms with Gasteiger partial charge in [0.1, 0.15) is 0 Å². The van der Waals surface area contributed by atoms with Gasteiger partial charge in [0.05, 0.1) is 6.54 Å². The van der Waals surface area contributed by atoms with Gasteiger partial charge in [-0.05, 0) is 24.6 Å². The molecule has 0 aliphatic heterocycles. The van der Waals surface area contributed by atoms with Gasteiger partial charge < -0.3 is 10.6 Å². The Balaban J connectivity index is 1.62. The fourth-order valence-electron chi connectivity index (χ4n) is 2.11. The van der Waals surface area contributed by atoms with E-state index >= 15 is 0 Å². The van der Waals surface area contributed by atoms with Crippen LogP contribution in [0, 0.1) is 0 Å². The fraction of sp³-hybridized carbons (Fsp3) is 0.375. The summed E-state index contributed by atoms with van der Waals surface area (Å²) in [4.78, 5) is 11.8. The van der Waals surface area contributed by atoms with E-state index in [1.54, 1.807) is 6.20 Å². The number of amides is 1. The quantitative estimate of drug-likeness (QED) is 0.784. The highest BCUT2D eigenvalue weighted by Gasteiger charge is 2.06. The van der Waals surface area contributed by atoms with Gasteiger partial charge in [0.2, 0.25) is 5.91 Å². The van der Waals surface area contributed by atoms with Crippen LogP contribution in [0.15, 0.2) is 42.7 Å². The molecule has 0 aliphatic carbocycles. The second-order valence-corrected chi connectivity index (χ2v) is 5.61. The molecule has 0 fully saturated rings. The van der Waals surface area contributed by atoms with Crippen LogP contribution >= 0.6 is 11.6 Å². The van der Waals surface area contributed by atoms with E-state index in [0.717, 1.165) is 12.1 Å². The van der Waals surface area contributed by atoms with E-state index < -0.39 is 0 Å². The Morgan fingerprint density at radius 2 is 2.18 bits per heavy atom. The summed E-state index contributed by atoms with van der Waals surface area (Å²) in [5.41, 5.74) is 0.928. The molecule has 0 radical (unpaired) electrons. The molecule has 0 bridgehead atoms. The fourth-order valence-corrected chi connectivity index (χ4v) is 2.31. The summed E-state index contributed by atoms with van der Waals surface area (Å²) in [5, 5.41) is 11.0. The molecule has 6 heteroatoms. The molecular weight excluding hydrogens is 300 g/mol. The van der Waals surface area contributed by atoms with Crippen molar-refractivity contribution < 1.29 is 4.79 Å². The Kier molecular flexibility index (Phi) is 6.43. The number of nitrogens with one attached hydrogen (secondary N) is 2. The van der Waals surface area contributed by atoms with E-state index in [1.807, 2.05) is 41.2 Å². The van der Waals surface area contributed by atoms with Crippen LogP contribution in [0.1, 0.15) is 18.9 Å². The minimum absolute atomic E-state index is 0.0127. The third kappa shape index (κ3) is 5.50. The van der Waals surface area contributed by atoms with Gasteiger partial charge in [0, 0.05) is 43.0 Å².